The molecular formula is C23H24N4O2S. The Labute approximate surface area is 179 Å². The molecule has 0 bridgehead atoms. The number of nitrogens with zero attached hydrogens (tertiary/aromatic N) is 3. The molecule has 2 amide bonds. The highest BCUT2D eigenvalue weighted by molar-refractivity contribution is 7.09. The third kappa shape index (κ3) is 3.65. The smallest absolute Gasteiger partial charge is 0.257 e. The van der Waals surface area contributed by atoms with E-state index in [1.165, 1.54) is 4.88 Å². The third-order valence-corrected chi connectivity index (χ3v) is 7.30. The lowest BCUT2D eigenvalue weighted by molar-refractivity contribution is -0.123. The first-order valence-electron chi connectivity index (χ1n) is 10.3. The summed E-state index contributed by atoms with van der Waals surface area (Å²) in [5.74, 6) is 0.272. The summed E-state index contributed by atoms with van der Waals surface area (Å²) in [7, 11) is 0. The summed E-state index contributed by atoms with van der Waals surface area (Å²) in [6.45, 7) is 2.01. The normalized spacial score (nSPS) is 19.6. The molecule has 2 fully saturated rings. The van der Waals surface area contributed by atoms with E-state index >= 15 is 0 Å². The van der Waals surface area contributed by atoms with Gasteiger partial charge in [-0.1, -0.05) is 24.3 Å². The van der Waals surface area contributed by atoms with Gasteiger partial charge in [0.1, 0.15) is 0 Å². The number of thiophene rings is 1. The van der Waals surface area contributed by atoms with E-state index in [4.69, 9.17) is 0 Å². The van der Waals surface area contributed by atoms with E-state index < -0.39 is 0 Å². The number of hydrogen-bond donors (Lipinski definition) is 1. The number of likely N-dealkylation sites (tertiary alicyclic amines) is 1. The van der Waals surface area contributed by atoms with Gasteiger partial charge in [-0.3, -0.25) is 9.59 Å². The standard InChI is InChI=1S/C23H24N4O2S/c28-21(24-15-19-7-4-12-30-19)20-13-23(20)8-10-26(11-9-23)22(29)17-14-25-27(16-17)18-5-2-1-3-6-18/h1-7,12,14,16,20H,8-11,13,15H2,(H,24,28). The highest BCUT2D eigenvalue weighted by atomic mass is 32.1. The molecule has 1 saturated heterocycles. The Morgan fingerprint density at radius 3 is 2.67 bits per heavy atom. The topological polar surface area (TPSA) is 67.2 Å². The number of piperidine rings is 1. The Balaban J connectivity index is 1.15. The van der Waals surface area contributed by atoms with Gasteiger partial charge < -0.3 is 10.2 Å². The lowest BCUT2D eigenvalue weighted by Gasteiger charge is -2.32. The summed E-state index contributed by atoms with van der Waals surface area (Å²) in [5, 5.41) is 9.44. The van der Waals surface area contributed by atoms with E-state index in [0.29, 0.717) is 25.2 Å². The number of carbonyl (C=O) groups excluding carboxylic acids is 2. The van der Waals surface area contributed by atoms with Crippen molar-refractivity contribution in [2.75, 3.05) is 13.1 Å². The minimum Gasteiger partial charge on any atom is -0.351 e. The molecule has 0 radical (unpaired) electrons. The van der Waals surface area contributed by atoms with Crippen LogP contribution in [-0.4, -0.2) is 39.6 Å². The zero-order chi connectivity index (χ0) is 20.6. The summed E-state index contributed by atoms with van der Waals surface area (Å²) in [5.41, 5.74) is 1.63. The highest BCUT2D eigenvalue weighted by Gasteiger charge is 2.58. The average Bonchev–Trinajstić information content (AvgIpc) is 3.18. The number of hydrogen-bond acceptors (Lipinski definition) is 4. The van der Waals surface area contributed by atoms with Crippen molar-refractivity contribution in [3.8, 4) is 5.69 Å². The third-order valence-electron chi connectivity index (χ3n) is 6.42. The number of para-hydroxylation sites is 1. The number of aromatic nitrogens is 2. The van der Waals surface area contributed by atoms with Crippen molar-refractivity contribution in [2.24, 2.45) is 11.3 Å². The Bertz CT molecular complexity index is 1040. The van der Waals surface area contributed by atoms with Crippen LogP contribution in [0.3, 0.4) is 0 Å². The van der Waals surface area contributed by atoms with Crippen LogP contribution in [0.25, 0.3) is 5.69 Å². The van der Waals surface area contributed by atoms with Crippen LogP contribution in [0.5, 0.6) is 0 Å². The highest BCUT2D eigenvalue weighted by Crippen LogP contribution is 2.59. The van der Waals surface area contributed by atoms with Gasteiger partial charge in [-0.2, -0.15) is 5.10 Å². The fourth-order valence-electron chi connectivity index (χ4n) is 4.47. The molecule has 1 unspecified atom stereocenters. The molecule has 2 aromatic heterocycles. The first-order chi connectivity index (χ1) is 14.6. The van der Waals surface area contributed by atoms with Crippen LogP contribution in [-0.2, 0) is 11.3 Å². The number of carbonyl (C=O) groups is 2. The van der Waals surface area contributed by atoms with Crippen molar-refractivity contribution in [2.45, 2.75) is 25.8 Å². The molecule has 1 aromatic carbocycles. The van der Waals surface area contributed by atoms with Gasteiger partial charge in [0.2, 0.25) is 5.91 Å². The van der Waals surface area contributed by atoms with E-state index in [-0.39, 0.29) is 23.1 Å². The first kappa shape index (κ1) is 19.1. The van der Waals surface area contributed by atoms with Gasteiger partial charge in [0.25, 0.3) is 5.91 Å². The second-order valence-corrected chi connectivity index (χ2v) is 9.25. The van der Waals surface area contributed by atoms with Gasteiger partial charge in [0, 0.05) is 30.1 Å². The average molecular weight is 421 g/mol. The number of rotatable bonds is 5. The lowest BCUT2D eigenvalue weighted by atomic mass is 9.90. The van der Waals surface area contributed by atoms with Gasteiger partial charge in [0.05, 0.1) is 24.0 Å². The fourth-order valence-corrected chi connectivity index (χ4v) is 5.12. The van der Waals surface area contributed by atoms with Gasteiger partial charge >= 0.3 is 0 Å². The van der Waals surface area contributed by atoms with Gasteiger partial charge in [-0.05, 0) is 48.3 Å². The van der Waals surface area contributed by atoms with Crippen LogP contribution in [0.1, 0.15) is 34.5 Å². The Morgan fingerprint density at radius 2 is 1.93 bits per heavy atom. The van der Waals surface area contributed by atoms with Crippen molar-refractivity contribution < 1.29 is 9.59 Å². The molecule has 3 aromatic rings. The molecule has 1 N–H and O–H groups in total. The molecular weight excluding hydrogens is 396 g/mol. The van der Waals surface area contributed by atoms with Gasteiger partial charge in [-0.15, -0.1) is 11.3 Å². The Hall–Kier alpha value is -2.93. The minimum atomic E-state index is 0.0198. The monoisotopic (exact) mass is 420 g/mol. The second kappa shape index (κ2) is 7.72. The molecule has 1 spiro atoms. The molecule has 2 aliphatic rings. The maximum atomic E-state index is 12.9. The molecule has 3 heterocycles. The maximum absolute atomic E-state index is 12.9. The Kier molecular flexibility index (Phi) is 4.90. The van der Waals surface area contributed by atoms with E-state index in [9.17, 15) is 9.59 Å². The van der Waals surface area contributed by atoms with Crippen LogP contribution in [0.4, 0.5) is 0 Å². The van der Waals surface area contributed by atoms with Gasteiger partial charge in [0.15, 0.2) is 0 Å². The summed E-state index contributed by atoms with van der Waals surface area (Å²) < 4.78 is 1.73. The molecule has 1 aliphatic heterocycles. The van der Waals surface area contributed by atoms with Crippen LogP contribution >= 0.6 is 11.3 Å². The molecule has 6 nitrogen and oxygen atoms in total. The molecule has 1 aliphatic carbocycles. The SMILES string of the molecule is O=C(NCc1cccs1)C1CC12CCN(C(=O)c1cnn(-c3ccccc3)c1)CC2. The molecule has 7 heteroatoms. The molecule has 5 rings (SSSR count). The second-order valence-electron chi connectivity index (χ2n) is 8.22. The summed E-state index contributed by atoms with van der Waals surface area (Å²) >= 11 is 1.66. The van der Waals surface area contributed by atoms with Crippen molar-refractivity contribution >= 4 is 23.2 Å². The van der Waals surface area contributed by atoms with Crippen LogP contribution in [0.2, 0.25) is 0 Å². The largest absolute Gasteiger partial charge is 0.351 e. The number of benzene rings is 1. The Morgan fingerprint density at radius 1 is 1.13 bits per heavy atom. The van der Waals surface area contributed by atoms with Crippen molar-refractivity contribution in [1.82, 2.24) is 20.0 Å². The van der Waals surface area contributed by atoms with Crippen LogP contribution in [0, 0.1) is 11.3 Å². The molecule has 1 atom stereocenters. The lowest BCUT2D eigenvalue weighted by Crippen LogP contribution is -2.40. The van der Waals surface area contributed by atoms with Crippen LogP contribution < -0.4 is 5.32 Å². The molecule has 1 saturated carbocycles. The summed E-state index contributed by atoms with van der Waals surface area (Å²) in [6, 6.07) is 13.8. The predicted molar refractivity (Wildman–Crippen MR) is 115 cm³/mol. The predicted octanol–water partition coefficient (Wildman–Crippen LogP) is 3.49. The summed E-state index contributed by atoms with van der Waals surface area (Å²) in [6.07, 6.45) is 6.15. The zero-order valence-electron chi connectivity index (χ0n) is 16.7. The summed E-state index contributed by atoms with van der Waals surface area (Å²) in [4.78, 5) is 28.5. The number of amides is 2. The van der Waals surface area contributed by atoms with E-state index in [1.54, 1.807) is 28.4 Å². The van der Waals surface area contributed by atoms with Crippen molar-refractivity contribution in [1.29, 1.82) is 0 Å². The zero-order valence-corrected chi connectivity index (χ0v) is 17.5. The fraction of sp³-hybridized carbons (Fsp3) is 0.348. The first-order valence-corrected chi connectivity index (χ1v) is 11.2. The molecule has 154 valence electrons. The van der Waals surface area contributed by atoms with Gasteiger partial charge in [-0.25, -0.2) is 4.68 Å². The maximum Gasteiger partial charge on any atom is 0.257 e. The van der Waals surface area contributed by atoms with Crippen molar-refractivity contribution in [3.63, 3.8) is 0 Å². The molecule has 30 heavy (non-hydrogen) atoms. The quantitative estimate of drug-likeness (QED) is 0.687. The van der Waals surface area contributed by atoms with E-state index in [2.05, 4.69) is 10.4 Å². The number of nitrogens with one attached hydrogen (secondary N) is 1. The van der Waals surface area contributed by atoms with Crippen molar-refractivity contribution in [3.05, 3.63) is 70.7 Å². The van der Waals surface area contributed by atoms with E-state index in [0.717, 1.165) is 24.9 Å². The minimum absolute atomic E-state index is 0.0198. The van der Waals surface area contributed by atoms with Crippen LogP contribution in [0.15, 0.2) is 60.2 Å². The van der Waals surface area contributed by atoms with E-state index in [1.807, 2.05) is 52.7 Å².